The summed E-state index contributed by atoms with van der Waals surface area (Å²) in [4.78, 5) is 25.3. The van der Waals surface area contributed by atoms with E-state index in [1.54, 1.807) is 24.8 Å². The number of ether oxygens (including phenoxy) is 1. The van der Waals surface area contributed by atoms with Crippen LogP contribution >= 0.6 is 11.8 Å². The fraction of sp³-hybridized carbons (Fsp3) is 0.200. The zero-order chi connectivity index (χ0) is 18.7. The fourth-order valence-electron chi connectivity index (χ4n) is 2.75. The molecule has 0 unspecified atom stereocenters. The van der Waals surface area contributed by atoms with E-state index < -0.39 is 0 Å². The van der Waals surface area contributed by atoms with Crippen LogP contribution in [0.1, 0.15) is 5.56 Å². The normalized spacial score (nSPS) is 10.7. The van der Waals surface area contributed by atoms with Gasteiger partial charge in [-0.3, -0.25) is 9.59 Å². The van der Waals surface area contributed by atoms with Crippen LogP contribution in [-0.4, -0.2) is 23.3 Å². The highest BCUT2D eigenvalue weighted by Crippen LogP contribution is 2.28. The number of aryl methyl sites for hydroxylation is 2. The molecule has 3 aromatic rings. The third-order valence-electron chi connectivity index (χ3n) is 4.10. The molecule has 0 aliphatic heterocycles. The number of rotatable bonds is 5. The lowest BCUT2D eigenvalue weighted by atomic mass is 10.2. The summed E-state index contributed by atoms with van der Waals surface area (Å²) in [7, 11) is 3.32. The standard InChI is InChI=1S/C20H20N2O3S/c1-13-8-9-17(25-3)15(10-13)21-19(23)12-26-18-11-20(24)22(2)16-7-5-4-6-14(16)18/h4-11H,12H2,1-3H3,(H,21,23). The number of nitrogens with zero attached hydrogens (tertiary/aromatic N) is 1. The summed E-state index contributed by atoms with van der Waals surface area (Å²) >= 11 is 1.35. The number of amides is 1. The molecule has 1 amide bonds. The van der Waals surface area contributed by atoms with Crippen molar-refractivity contribution in [2.24, 2.45) is 7.05 Å². The molecule has 0 spiro atoms. The predicted molar refractivity (Wildman–Crippen MR) is 106 cm³/mol. The maximum atomic E-state index is 12.4. The van der Waals surface area contributed by atoms with Gasteiger partial charge < -0.3 is 14.6 Å². The lowest BCUT2D eigenvalue weighted by molar-refractivity contribution is -0.113. The Bertz CT molecular complexity index is 1030. The molecule has 3 rings (SSSR count). The van der Waals surface area contributed by atoms with Gasteiger partial charge in [0.25, 0.3) is 5.56 Å². The first kappa shape index (κ1) is 18.1. The van der Waals surface area contributed by atoms with Gasteiger partial charge in [-0.2, -0.15) is 0 Å². The summed E-state index contributed by atoms with van der Waals surface area (Å²) in [6.45, 7) is 1.95. The third kappa shape index (κ3) is 3.75. The number of aromatic nitrogens is 1. The van der Waals surface area contributed by atoms with Crippen molar-refractivity contribution in [2.45, 2.75) is 11.8 Å². The minimum Gasteiger partial charge on any atom is -0.495 e. The van der Waals surface area contributed by atoms with Crippen LogP contribution in [-0.2, 0) is 11.8 Å². The molecule has 134 valence electrons. The number of benzene rings is 2. The average Bonchev–Trinajstić information content (AvgIpc) is 2.64. The summed E-state index contributed by atoms with van der Waals surface area (Å²) < 4.78 is 6.89. The van der Waals surface area contributed by atoms with Gasteiger partial charge in [-0.25, -0.2) is 0 Å². The van der Waals surface area contributed by atoms with Crippen molar-refractivity contribution >= 4 is 34.3 Å². The van der Waals surface area contributed by atoms with E-state index >= 15 is 0 Å². The Hall–Kier alpha value is -2.73. The monoisotopic (exact) mass is 368 g/mol. The van der Waals surface area contributed by atoms with Crippen LogP contribution in [0, 0.1) is 6.92 Å². The first-order valence-electron chi connectivity index (χ1n) is 8.15. The van der Waals surface area contributed by atoms with Gasteiger partial charge in [0, 0.05) is 23.4 Å². The van der Waals surface area contributed by atoms with Gasteiger partial charge in [-0.05, 0) is 30.7 Å². The Kier molecular flexibility index (Phi) is 5.32. The Morgan fingerprint density at radius 3 is 2.73 bits per heavy atom. The molecular formula is C20H20N2O3S. The fourth-order valence-corrected chi connectivity index (χ4v) is 3.62. The van der Waals surface area contributed by atoms with E-state index in [0.29, 0.717) is 11.4 Å². The Morgan fingerprint density at radius 2 is 1.96 bits per heavy atom. The molecule has 0 radical (unpaired) electrons. The van der Waals surface area contributed by atoms with E-state index in [9.17, 15) is 9.59 Å². The molecule has 0 saturated carbocycles. The number of para-hydroxylation sites is 1. The second-order valence-corrected chi connectivity index (χ2v) is 6.98. The molecule has 1 aromatic heterocycles. The van der Waals surface area contributed by atoms with Crippen LogP contribution < -0.4 is 15.6 Å². The minimum atomic E-state index is -0.149. The number of thioether (sulfide) groups is 1. The van der Waals surface area contributed by atoms with Gasteiger partial charge in [0.15, 0.2) is 0 Å². The van der Waals surface area contributed by atoms with E-state index in [2.05, 4.69) is 5.32 Å². The number of carbonyl (C=O) groups is 1. The highest BCUT2D eigenvalue weighted by Gasteiger charge is 2.11. The number of methoxy groups -OCH3 is 1. The highest BCUT2D eigenvalue weighted by atomic mass is 32.2. The maximum Gasteiger partial charge on any atom is 0.251 e. The average molecular weight is 368 g/mol. The molecule has 0 fully saturated rings. The largest absolute Gasteiger partial charge is 0.495 e. The van der Waals surface area contributed by atoms with Gasteiger partial charge in [-0.15, -0.1) is 11.8 Å². The number of carbonyl (C=O) groups excluding carboxylic acids is 1. The number of fused-ring (bicyclic) bond motifs is 1. The second kappa shape index (κ2) is 7.66. The molecule has 1 heterocycles. The molecule has 2 aromatic carbocycles. The van der Waals surface area contributed by atoms with Crippen molar-refractivity contribution in [2.75, 3.05) is 18.2 Å². The SMILES string of the molecule is COc1ccc(C)cc1NC(=O)CSc1cc(=O)n(C)c2ccccc12. The number of pyridine rings is 1. The van der Waals surface area contributed by atoms with Crippen LogP contribution in [0.15, 0.2) is 58.2 Å². The van der Waals surface area contributed by atoms with Crippen molar-refractivity contribution in [3.8, 4) is 5.75 Å². The van der Waals surface area contributed by atoms with Crippen LogP contribution in [0.4, 0.5) is 5.69 Å². The van der Waals surface area contributed by atoms with Gasteiger partial charge in [0.2, 0.25) is 5.91 Å². The van der Waals surface area contributed by atoms with Gasteiger partial charge in [0.05, 0.1) is 24.1 Å². The minimum absolute atomic E-state index is 0.0908. The van der Waals surface area contributed by atoms with Crippen LogP contribution in [0.25, 0.3) is 10.9 Å². The van der Waals surface area contributed by atoms with E-state index in [1.807, 2.05) is 49.4 Å². The summed E-state index contributed by atoms with van der Waals surface area (Å²) in [5, 5.41) is 3.84. The quantitative estimate of drug-likeness (QED) is 0.699. The Morgan fingerprint density at radius 1 is 1.19 bits per heavy atom. The van der Waals surface area contributed by atoms with E-state index in [-0.39, 0.29) is 17.2 Å². The van der Waals surface area contributed by atoms with E-state index in [0.717, 1.165) is 21.4 Å². The molecule has 0 aliphatic rings. The van der Waals surface area contributed by atoms with E-state index in [4.69, 9.17) is 4.74 Å². The number of hydrogen-bond acceptors (Lipinski definition) is 4. The van der Waals surface area contributed by atoms with Crippen LogP contribution in [0.2, 0.25) is 0 Å². The molecule has 0 bridgehead atoms. The predicted octanol–water partition coefficient (Wildman–Crippen LogP) is 3.59. The molecule has 0 atom stereocenters. The first-order chi connectivity index (χ1) is 12.5. The first-order valence-corrected chi connectivity index (χ1v) is 9.14. The number of nitrogens with one attached hydrogen (secondary N) is 1. The number of hydrogen-bond donors (Lipinski definition) is 1. The Labute approximate surface area is 156 Å². The molecule has 6 heteroatoms. The van der Waals surface area contributed by atoms with Gasteiger partial charge >= 0.3 is 0 Å². The van der Waals surface area contributed by atoms with E-state index in [1.165, 1.54) is 11.8 Å². The lowest BCUT2D eigenvalue weighted by Crippen LogP contribution is -2.17. The van der Waals surface area contributed by atoms with Gasteiger partial charge in [0.1, 0.15) is 5.75 Å². The Balaban J connectivity index is 1.79. The lowest BCUT2D eigenvalue weighted by Gasteiger charge is -2.12. The summed E-state index contributed by atoms with van der Waals surface area (Å²) in [5.41, 5.74) is 2.44. The number of anilines is 1. The van der Waals surface area contributed by atoms with Crippen molar-refractivity contribution in [1.29, 1.82) is 0 Å². The van der Waals surface area contributed by atoms with Crippen molar-refractivity contribution < 1.29 is 9.53 Å². The van der Waals surface area contributed by atoms with Crippen molar-refractivity contribution in [1.82, 2.24) is 4.57 Å². The zero-order valence-electron chi connectivity index (χ0n) is 14.9. The summed E-state index contributed by atoms with van der Waals surface area (Å²) in [6, 6.07) is 14.9. The molecule has 0 saturated heterocycles. The topological polar surface area (TPSA) is 60.3 Å². The molecule has 0 aliphatic carbocycles. The van der Waals surface area contributed by atoms with Crippen molar-refractivity contribution in [3.63, 3.8) is 0 Å². The summed E-state index contributed by atoms with van der Waals surface area (Å²) in [6.07, 6.45) is 0. The molecule has 5 nitrogen and oxygen atoms in total. The van der Waals surface area contributed by atoms with Gasteiger partial charge in [-0.1, -0.05) is 24.3 Å². The molecule has 1 N–H and O–H groups in total. The second-order valence-electron chi connectivity index (χ2n) is 5.96. The van der Waals surface area contributed by atoms with Crippen molar-refractivity contribution in [3.05, 3.63) is 64.4 Å². The maximum absolute atomic E-state index is 12.4. The van der Waals surface area contributed by atoms with Crippen LogP contribution in [0.3, 0.4) is 0 Å². The zero-order valence-corrected chi connectivity index (χ0v) is 15.7. The summed E-state index contributed by atoms with van der Waals surface area (Å²) in [5.74, 6) is 0.672. The molecular weight excluding hydrogens is 348 g/mol. The van der Waals surface area contributed by atoms with Crippen LogP contribution in [0.5, 0.6) is 5.75 Å². The highest BCUT2D eigenvalue weighted by molar-refractivity contribution is 8.00. The third-order valence-corrected chi connectivity index (χ3v) is 5.16. The smallest absolute Gasteiger partial charge is 0.251 e. The molecule has 26 heavy (non-hydrogen) atoms.